The maximum atomic E-state index is 12.3. The minimum Gasteiger partial charge on any atom is -0.397 e. The first-order chi connectivity index (χ1) is 9.65. The molecule has 1 aromatic heterocycles. The van der Waals surface area contributed by atoms with Crippen molar-refractivity contribution in [3.63, 3.8) is 0 Å². The van der Waals surface area contributed by atoms with E-state index >= 15 is 0 Å². The third-order valence-corrected chi connectivity index (χ3v) is 6.19. The van der Waals surface area contributed by atoms with Crippen LogP contribution in [0.15, 0.2) is 18.2 Å². The first-order valence-electron chi connectivity index (χ1n) is 6.83. The van der Waals surface area contributed by atoms with Crippen molar-refractivity contribution >= 4 is 44.8 Å². The van der Waals surface area contributed by atoms with Gasteiger partial charge in [-0.05, 0) is 37.7 Å². The zero-order valence-corrected chi connectivity index (χ0v) is 13.1. The summed E-state index contributed by atoms with van der Waals surface area (Å²) in [5, 5.41) is 4.59. The van der Waals surface area contributed by atoms with Crippen LogP contribution < -0.4 is 11.1 Å². The third kappa shape index (κ3) is 2.65. The molecule has 0 saturated carbocycles. The summed E-state index contributed by atoms with van der Waals surface area (Å²) in [6.45, 7) is 2.78. The lowest BCUT2D eigenvalue weighted by Gasteiger charge is -2.09. The fourth-order valence-corrected chi connectivity index (χ4v) is 4.71. The molecule has 0 radical (unpaired) electrons. The van der Waals surface area contributed by atoms with Gasteiger partial charge in [-0.1, -0.05) is 11.6 Å². The van der Waals surface area contributed by atoms with Crippen molar-refractivity contribution in [2.24, 2.45) is 0 Å². The van der Waals surface area contributed by atoms with Crippen molar-refractivity contribution in [1.82, 2.24) is 5.32 Å². The Morgan fingerprint density at radius 2 is 2.35 bits per heavy atom. The van der Waals surface area contributed by atoms with Gasteiger partial charge in [-0.2, -0.15) is 11.8 Å². The van der Waals surface area contributed by atoms with Crippen LogP contribution in [-0.2, 0) is 0 Å². The molecule has 0 aliphatic carbocycles. The predicted molar refractivity (Wildman–Crippen MR) is 88.8 cm³/mol. The number of aryl methyl sites for hydroxylation is 1. The molecule has 1 atom stereocenters. The molecule has 20 heavy (non-hydrogen) atoms. The Labute approximate surface area is 126 Å². The second-order valence-corrected chi connectivity index (χ2v) is 7.65. The molecule has 0 spiro atoms. The third-order valence-electron chi connectivity index (χ3n) is 3.60. The molecular weight excluding hydrogens is 288 g/mol. The topological polar surface area (TPSA) is 55.1 Å². The molecule has 2 heterocycles. The molecule has 3 nitrogen and oxygen atoms in total. The van der Waals surface area contributed by atoms with Gasteiger partial charge in [0.1, 0.15) is 4.88 Å². The number of anilines is 1. The number of thiophene rings is 1. The molecule has 5 heteroatoms. The molecule has 3 rings (SSSR count). The maximum absolute atomic E-state index is 12.3. The second kappa shape index (κ2) is 5.66. The minimum absolute atomic E-state index is 0.0335. The number of nitrogens with two attached hydrogens (primary N) is 1. The lowest BCUT2D eigenvalue weighted by molar-refractivity contribution is 0.0958. The summed E-state index contributed by atoms with van der Waals surface area (Å²) in [6.07, 6.45) is 2.46. The van der Waals surface area contributed by atoms with E-state index in [-0.39, 0.29) is 5.91 Å². The van der Waals surface area contributed by atoms with E-state index in [1.807, 2.05) is 30.8 Å². The van der Waals surface area contributed by atoms with E-state index in [0.29, 0.717) is 15.8 Å². The summed E-state index contributed by atoms with van der Waals surface area (Å²) in [5.41, 5.74) is 7.92. The molecule has 2 aromatic rings. The normalized spacial score (nSPS) is 18.6. The van der Waals surface area contributed by atoms with Crippen molar-refractivity contribution in [3.8, 4) is 0 Å². The summed E-state index contributed by atoms with van der Waals surface area (Å²) < 4.78 is 1.08. The van der Waals surface area contributed by atoms with Gasteiger partial charge in [-0.25, -0.2) is 0 Å². The van der Waals surface area contributed by atoms with Gasteiger partial charge in [-0.3, -0.25) is 4.79 Å². The number of hydrogen-bond acceptors (Lipinski definition) is 4. The highest BCUT2D eigenvalue weighted by Gasteiger charge is 2.19. The van der Waals surface area contributed by atoms with Crippen molar-refractivity contribution in [2.75, 3.05) is 18.0 Å². The molecular formula is C15H18N2OS2. The summed E-state index contributed by atoms with van der Waals surface area (Å²) in [4.78, 5) is 12.9. The van der Waals surface area contributed by atoms with Gasteiger partial charge < -0.3 is 11.1 Å². The molecule has 1 unspecified atom stereocenters. The molecule has 1 fully saturated rings. The summed E-state index contributed by atoms with van der Waals surface area (Å²) in [7, 11) is 0. The number of rotatable bonds is 3. The predicted octanol–water partition coefficient (Wildman–Crippen LogP) is 3.42. The van der Waals surface area contributed by atoms with E-state index in [1.54, 1.807) is 0 Å². The van der Waals surface area contributed by atoms with E-state index in [1.165, 1.54) is 29.9 Å². The highest BCUT2D eigenvalue weighted by Crippen LogP contribution is 2.34. The summed E-state index contributed by atoms with van der Waals surface area (Å²) in [5.74, 6) is 1.18. The lowest BCUT2D eigenvalue weighted by atomic mass is 10.1. The van der Waals surface area contributed by atoms with E-state index in [4.69, 9.17) is 5.73 Å². The molecule has 1 aromatic carbocycles. The number of hydrogen-bond donors (Lipinski definition) is 2. The first-order valence-corrected chi connectivity index (χ1v) is 8.70. The number of nitrogens with one attached hydrogen (secondary N) is 1. The average Bonchev–Trinajstić information content (AvgIpc) is 3.05. The average molecular weight is 306 g/mol. The van der Waals surface area contributed by atoms with Crippen LogP contribution >= 0.6 is 23.1 Å². The zero-order valence-electron chi connectivity index (χ0n) is 11.4. The molecule has 1 saturated heterocycles. The molecule has 1 aliphatic heterocycles. The highest BCUT2D eigenvalue weighted by molar-refractivity contribution is 8.00. The van der Waals surface area contributed by atoms with Crippen LogP contribution in [0.25, 0.3) is 10.1 Å². The van der Waals surface area contributed by atoms with Crippen LogP contribution in [0, 0.1) is 6.92 Å². The minimum atomic E-state index is -0.0335. The van der Waals surface area contributed by atoms with Crippen molar-refractivity contribution in [3.05, 3.63) is 28.6 Å². The molecule has 1 amide bonds. The van der Waals surface area contributed by atoms with Crippen molar-refractivity contribution in [2.45, 2.75) is 25.0 Å². The zero-order chi connectivity index (χ0) is 14.1. The number of amides is 1. The molecule has 0 bridgehead atoms. The SMILES string of the molecule is Cc1ccc2sc(C(=O)NCC3CCCS3)c(N)c2c1. The number of nitrogen functional groups attached to an aromatic ring is 1. The van der Waals surface area contributed by atoms with E-state index in [9.17, 15) is 4.79 Å². The smallest absolute Gasteiger partial charge is 0.263 e. The Hall–Kier alpha value is -1.20. The second-order valence-electron chi connectivity index (χ2n) is 5.19. The number of carbonyl (C=O) groups excluding carboxylic acids is 1. The van der Waals surface area contributed by atoms with Crippen molar-refractivity contribution in [1.29, 1.82) is 0 Å². The van der Waals surface area contributed by atoms with E-state index in [2.05, 4.69) is 11.4 Å². The van der Waals surface area contributed by atoms with Crippen LogP contribution in [0.4, 0.5) is 5.69 Å². The fourth-order valence-electron chi connectivity index (χ4n) is 2.49. The Morgan fingerprint density at radius 1 is 1.50 bits per heavy atom. The van der Waals surface area contributed by atoms with Gasteiger partial charge >= 0.3 is 0 Å². The van der Waals surface area contributed by atoms with Crippen LogP contribution in [-0.4, -0.2) is 23.5 Å². The Balaban J connectivity index is 1.78. The molecule has 106 valence electrons. The van der Waals surface area contributed by atoms with Gasteiger partial charge in [0, 0.05) is 21.9 Å². The largest absolute Gasteiger partial charge is 0.397 e. The van der Waals surface area contributed by atoms with Crippen LogP contribution in [0.1, 0.15) is 28.1 Å². The Morgan fingerprint density at radius 3 is 3.10 bits per heavy atom. The quantitative estimate of drug-likeness (QED) is 0.913. The van der Waals surface area contributed by atoms with E-state index in [0.717, 1.165) is 22.2 Å². The first kappa shape index (κ1) is 13.8. The molecule has 1 aliphatic rings. The van der Waals surface area contributed by atoms with Crippen LogP contribution in [0.3, 0.4) is 0 Å². The van der Waals surface area contributed by atoms with Gasteiger partial charge in [0.25, 0.3) is 5.91 Å². The number of fused-ring (bicyclic) bond motifs is 1. The van der Waals surface area contributed by atoms with Gasteiger partial charge in [0.15, 0.2) is 0 Å². The maximum Gasteiger partial charge on any atom is 0.263 e. The Bertz CT molecular complexity index is 645. The Kier molecular flexibility index (Phi) is 3.89. The van der Waals surface area contributed by atoms with Gasteiger partial charge in [-0.15, -0.1) is 11.3 Å². The number of benzene rings is 1. The van der Waals surface area contributed by atoms with Gasteiger partial charge in [0.05, 0.1) is 5.69 Å². The monoisotopic (exact) mass is 306 g/mol. The van der Waals surface area contributed by atoms with Gasteiger partial charge in [0.2, 0.25) is 0 Å². The highest BCUT2D eigenvalue weighted by atomic mass is 32.2. The fraction of sp³-hybridized carbons (Fsp3) is 0.400. The number of thioether (sulfide) groups is 1. The number of carbonyl (C=O) groups is 1. The van der Waals surface area contributed by atoms with Crippen molar-refractivity contribution < 1.29 is 4.79 Å². The standard InChI is InChI=1S/C15H18N2OS2/c1-9-4-5-12-11(7-9)13(16)14(20-12)15(18)17-8-10-3-2-6-19-10/h4-5,7,10H,2-3,6,8,16H2,1H3,(H,17,18). The van der Waals surface area contributed by atoms with Crippen LogP contribution in [0.5, 0.6) is 0 Å². The van der Waals surface area contributed by atoms with Crippen LogP contribution in [0.2, 0.25) is 0 Å². The molecule has 3 N–H and O–H groups in total. The summed E-state index contributed by atoms with van der Waals surface area (Å²) >= 11 is 3.43. The lowest BCUT2D eigenvalue weighted by Crippen LogP contribution is -2.29. The van der Waals surface area contributed by atoms with E-state index < -0.39 is 0 Å². The summed E-state index contributed by atoms with van der Waals surface area (Å²) in [6, 6.07) is 6.13.